The molecule has 1 saturated heterocycles. The predicted molar refractivity (Wildman–Crippen MR) is 91.9 cm³/mol. The molecule has 0 aromatic carbocycles. The number of nitrogens with zero attached hydrogens (tertiary/aromatic N) is 4. The topological polar surface area (TPSA) is 112 Å². The standard InChI is InChI=1S/C16H19N5O4S/c1-3-21-9-11(7-18-21)15-14(4-5-24-15)20-26(22,23)12-6-13-10(2)19-25-16(13)17-8-12/h6-9,14-15,20H,3-5H2,1-2H3/t14-,15+/m0/s1. The molecule has 1 aliphatic rings. The number of sulfonamides is 1. The average Bonchev–Trinajstić information content (AvgIpc) is 3.34. The monoisotopic (exact) mass is 377 g/mol. The van der Waals surface area contributed by atoms with E-state index in [9.17, 15) is 8.42 Å². The maximum Gasteiger partial charge on any atom is 0.257 e. The Morgan fingerprint density at radius 1 is 1.38 bits per heavy atom. The van der Waals surface area contributed by atoms with Crippen molar-refractivity contribution in [3.63, 3.8) is 0 Å². The number of hydrogen-bond acceptors (Lipinski definition) is 7. The Morgan fingerprint density at radius 2 is 2.23 bits per heavy atom. The second-order valence-electron chi connectivity index (χ2n) is 6.23. The molecule has 26 heavy (non-hydrogen) atoms. The van der Waals surface area contributed by atoms with Crippen LogP contribution in [-0.4, -0.2) is 41.0 Å². The summed E-state index contributed by atoms with van der Waals surface area (Å²) in [5.41, 5.74) is 1.77. The van der Waals surface area contributed by atoms with E-state index >= 15 is 0 Å². The van der Waals surface area contributed by atoms with Crippen molar-refractivity contribution in [1.82, 2.24) is 24.6 Å². The van der Waals surface area contributed by atoms with E-state index in [0.717, 1.165) is 12.1 Å². The lowest BCUT2D eigenvalue weighted by molar-refractivity contribution is 0.102. The fourth-order valence-electron chi connectivity index (χ4n) is 3.08. The average molecular weight is 377 g/mol. The lowest BCUT2D eigenvalue weighted by Crippen LogP contribution is -2.36. The van der Waals surface area contributed by atoms with Crippen molar-refractivity contribution in [3.8, 4) is 0 Å². The van der Waals surface area contributed by atoms with Crippen molar-refractivity contribution in [2.45, 2.75) is 43.9 Å². The van der Waals surface area contributed by atoms with Gasteiger partial charge in [-0.25, -0.2) is 18.1 Å². The number of pyridine rings is 1. The molecule has 2 atom stereocenters. The van der Waals surface area contributed by atoms with E-state index in [1.54, 1.807) is 17.8 Å². The van der Waals surface area contributed by atoms with Crippen LogP contribution in [0.15, 0.2) is 34.1 Å². The van der Waals surface area contributed by atoms with Gasteiger partial charge in [-0.15, -0.1) is 0 Å². The zero-order valence-corrected chi connectivity index (χ0v) is 15.2. The highest BCUT2D eigenvalue weighted by molar-refractivity contribution is 7.89. The smallest absolute Gasteiger partial charge is 0.257 e. The van der Waals surface area contributed by atoms with Crippen molar-refractivity contribution >= 4 is 21.1 Å². The fourth-order valence-corrected chi connectivity index (χ4v) is 4.32. The molecule has 3 aromatic rings. The number of fused-ring (bicyclic) bond motifs is 1. The lowest BCUT2D eigenvalue weighted by atomic mass is 10.1. The number of aryl methyl sites for hydroxylation is 2. The van der Waals surface area contributed by atoms with Crippen molar-refractivity contribution < 1.29 is 17.7 Å². The van der Waals surface area contributed by atoms with Crippen LogP contribution in [0.1, 0.15) is 30.7 Å². The number of ether oxygens (including phenoxy) is 1. The highest BCUT2D eigenvalue weighted by Gasteiger charge is 2.34. The van der Waals surface area contributed by atoms with Gasteiger partial charge in [0.1, 0.15) is 11.0 Å². The van der Waals surface area contributed by atoms with E-state index in [1.807, 2.05) is 13.1 Å². The molecular formula is C16H19N5O4S. The Bertz CT molecular complexity index is 1040. The first kappa shape index (κ1) is 17.1. The molecule has 0 radical (unpaired) electrons. The summed E-state index contributed by atoms with van der Waals surface area (Å²) in [6, 6.07) is 1.16. The summed E-state index contributed by atoms with van der Waals surface area (Å²) in [4.78, 5) is 4.12. The summed E-state index contributed by atoms with van der Waals surface area (Å²) in [5, 5.41) is 8.62. The van der Waals surface area contributed by atoms with Crippen molar-refractivity contribution in [3.05, 3.63) is 35.9 Å². The van der Waals surface area contributed by atoms with Gasteiger partial charge in [-0.1, -0.05) is 5.16 Å². The van der Waals surface area contributed by atoms with E-state index < -0.39 is 10.0 Å². The molecule has 0 amide bonds. The highest BCUT2D eigenvalue weighted by Crippen LogP contribution is 2.30. The van der Waals surface area contributed by atoms with Gasteiger partial charge in [-0.2, -0.15) is 5.10 Å². The minimum absolute atomic E-state index is 0.0752. The fraction of sp³-hybridized carbons (Fsp3) is 0.438. The minimum Gasteiger partial charge on any atom is -0.372 e. The summed E-state index contributed by atoms with van der Waals surface area (Å²) >= 11 is 0. The molecule has 0 bridgehead atoms. The third-order valence-electron chi connectivity index (χ3n) is 4.50. The summed E-state index contributed by atoms with van der Waals surface area (Å²) in [7, 11) is -3.76. The molecule has 1 N–H and O–H groups in total. The molecule has 0 aliphatic carbocycles. The summed E-state index contributed by atoms with van der Waals surface area (Å²) in [6.45, 7) is 4.95. The Kier molecular flexibility index (Phi) is 4.25. The third kappa shape index (κ3) is 3.00. The Labute approximate surface area is 150 Å². The van der Waals surface area contributed by atoms with Crippen molar-refractivity contribution in [1.29, 1.82) is 0 Å². The lowest BCUT2D eigenvalue weighted by Gasteiger charge is -2.18. The molecule has 10 heteroatoms. The van der Waals surface area contributed by atoms with E-state index in [4.69, 9.17) is 9.26 Å². The zero-order chi connectivity index (χ0) is 18.3. The molecule has 0 saturated carbocycles. The third-order valence-corrected chi connectivity index (χ3v) is 5.96. The van der Waals surface area contributed by atoms with Crippen LogP contribution >= 0.6 is 0 Å². The van der Waals surface area contributed by atoms with Crippen LogP contribution in [0.2, 0.25) is 0 Å². The quantitative estimate of drug-likeness (QED) is 0.718. The van der Waals surface area contributed by atoms with Gasteiger partial charge in [0.2, 0.25) is 10.0 Å². The van der Waals surface area contributed by atoms with Crippen molar-refractivity contribution in [2.24, 2.45) is 0 Å². The van der Waals surface area contributed by atoms with Crippen LogP contribution in [0.5, 0.6) is 0 Å². The largest absolute Gasteiger partial charge is 0.372 e. The Balaban J connectivity index is 1.60. The van der Waals surface area contributed by atoms with Gasteiger partial charge in [0.25, 0.3) is 5.71 Å². The number of aromatic nitrogens is 4. The van der Waals surface area contributed by atoms with E-state index in [2.05, 4.69) is 20.0 Å². The van der Waals surface area contributed by atoms with E-state index in [0.29, 0.717) is 29.8 Å². The number of rotatable bonds is 5. The van der Waals surface area contributed by atoms with E-state index in [1.165, 1.54) is 12.3 Å². The first-order valence-corrected chi connectivity index (χ1v) is 9.84. The maximum absolute atomic E-state index is 12.8. The van der Waals surface area contributed by atoms with Crippen LogP contribution < -0.4 is 4.72 Å². The molecule has 0 unspecified atom stereocenters. The van der Waals surface area contributed by atoms with Gasteiger partial charge in [0.05, 0.1) is 29.5 Å². The number of hydrogen-bond donors (Lipinski definition) is 1. The number of nitrogens with one attached hydrogen (secondary N) is 1. The van der Waals surface area contributed by atoms with E-state index in [-0.39, 0.29) is 17.0 Å². The molecular weight excluding hydrogens is 358 g/mol. The minimum atomic E-state index is -3.76. The molecule has 1 aliphatic heterocycles. The van der Waals surface area contributed by atoms with Crippen LogP contribution in [-0.2, 0) is 21.3 Å². The van der Waals surface area contributed by atoms with Crippen molar-refractivity contribution in [2.75, 3.05) is 6.61 Å². The van der Waals surface area contributed by atoms with Crippen LogP contribution in [0, 0.1) is 6.92 Å². The Morgan fingerprint density at radius 3 is 3.00 bits per heavy atom. The first-order chi connectivity index (χ1) is 12.5. The summed E-state index contributed by atoms with van der Waals surface area (Å²) in [5.74, 6) is 0. The molecule has 138 valence electrons. The second-order valence-corrected chi connectivity index (χ2v) is 7.94. The van der Waals surface area contributed by atoms with Gasteiger partial charge in [-0.3, -0.25) is 4.68 Å². The molecule has 0 spiro atoms. The van der Waals surface area contributed by atoms with Crippen LogP contribution in [0.3, 0.4) is 0 Å². The summed E-state index contributed by atoms with van der Waals surface area (Å²) < 4.78 is 41.0. The van der Waals surface area contributed by atoms with Gasteiger partial charge in [0, 0.05) is 24.9 Å². The van der Waals surface area contributed by atoms with Crippen LogP contribution in [0.25, 0.3) is 11.1 Å². The Hall–Kier alpha value is -2.30. The van der Waals surface area contributed by atoms with Gasteiger partial charge in [-0.05, 0) is 26.3 Å². The molecule has 4 rings (SSSR count). The van der Waals surface area contributed by atoms with Gasteiger partial charge in [0.15, 0.2) is 0 Å². The SMILES string of the molecule is CCn1cc([C@H]2OCC[C@@H]2NS(=O)(=O)c2cnc3onc(C)c3c2)cn1. The highest BCUT2D eigenvalue weighted by atomic mass is 32.2. The van der Waals surface area contributed by atoms with Gasteiger partial charge < -0.3 is 9.26 Å². The predicted octanol–water partition coefficient (Wildman–Crippen LogP) is 1.56. The van der Waals surface area contributed by atoms with Gasteiger partial charge >= 0.3 is 0 Å². The summed E-state index contributed by atoms with van der Waals surface area (Å²) in [6.07, 6.45) is 5.10. The molecule has 1 fully saturated rings. The van der Waals surface area contributed by atoms with Crippen LogP contribution in [0.4, 0.5) is 0 Å². The molecule has 4 heterocycles. The maximum atomic E-state index is 12.8. The molecule has 9 nitrogen and oxygen atoms in total. The second kappa shape index (κ2) is 6.45. The zero-order valence-electron chi connectivity index (χ0n) is 14.4. The molecule has 3 aromatic heterocycles. The first-order valence-electron chi connectivity index (χ1n) is 8.36. The normalized spacial score (nSPS) is 20.8.